The number of hydrogen-bond acceptors (Lipinski definition) is 0. The van der Waals surface area contributed by atoms with Gasteiger partial charge in [-0.05, 0) is 0 Å². The van der Waals surface area contributed by atoms with Crippen molar-refractivity contribution in [3.8, 4) is 0 Å². The third kappa shape index (κ3) is 44.5. The zero-order valence-corrected chi connectivity index (χ0v) is 11.3. The largest absolute Gasteiger partial charge is 0.682 e. The molecule has 1 nitrogen and oxygen atoms in total. The third-order valence-electron chi connectivity index (χ3n) is 0. The zero-order valence-electron chi connectivity index (χ0n) is 3.52. The number of rotatable bonds is 0. The van der Waals surface area contributed by atoms with E-state index in [0.29, 0.717) is 0 Å². The van der Waals surface area contributed by atoms with Crippen LogP contribution in [0.4, 0.5) is 0 Å². The Balaban J connectivity index is 0. The number of halogens is 2. The Bertz CT molecular complexity index is 13.5. The first-order valence-electron chi connectivity index (χ1n) is 1.13. The van der Waals surface area contributed by atoms with Gasteiger partial charge in [0.15, 0.2) is 0 Å². The van der Waals surface area contributed by atoms with Gasteiger partial charge in [-0.25, -0.2) is 0 Å². The van der Waals surface area contributed by atoms with Crippen LogP contribution in [0.3, 0.4) is 0 Å². The number of hydrogen-bond donors (Lipinski definition) is 0. The van der Waals surface area contributed by atoms with E-state index in [0.717, 1.165) is 20.8 Å². The van der Waals surface area contributed by atoms with Gasteiger partial charge >= 0.3 is 35.3 Å². The van der Waals surface area contributed by atoms with Gasteiger partial charge in [-0.1, -0.05) is 0 Å². The van der Waals surface area contributed by atoms with Crippen molar-refractivity contribution in [2.75, 3.05) is 0 Å². The SMILES string of the molecule is [Cl][Pt][Cl].[SiH3][N-][SiH3]. The van der Waals surface area contributed by atoms with Crippen molar-refractivity contribution in [2.45, 2.75) is 0 Å². The Kier molecular flexibility index (Phi) is 28.2. The van der Waals surface area contributed by atoms with E-state index in [2.05, 4.69) is 4.65 Å². The van der Waals surface area contributed by atoms with Crippen molar-refractivity contribution in [3.05, 3.63) is 4.65 Å². The second-order valence-corrected chi connectivity index (χ2v) is 7.35. The molecule has 6 heteroatoms. The maximum atomic E-state index is 4.88. The molecule has 0 saturated carbocycles. The van der Waals surface area contributed by atoms with E-state index in [1.165, 1.54) is 0 Å². The molecule has 0 aliphatic carbocycles. The Hall–Kier alpha value is 1.66. The minimum Gasteiger partial charge on any atom is -0.682 e. The predicted molar refractivity (Wildman–Crippen MR) is 34.9 cm³/mol. The van der Waals surface area contributed by atoms with Crippen molar-refractivity contribution in [3.63, 3.8) is 0 Å². The van der Waals surface area contributed by atoms with Gasteiger partial charge in [0.2, 0.25) is 0 Å². The summed E-state index contributed by atoms with van der Waals surface area (Å²) < 4.78 is 3.78. The molecule has 0 unspecified atom stereocenters. The smallest absolute Gasteiger partial charge is 0.107 e. The van der Waals surface area contributed by atoms with Crippen LogP contribution in [-0.4, -0.2) is 20.8 Å². The summed E-state index contributed by atoms with van der Waals surface area (Å²) >= 11 is -0.472. The molecule has 44 valence electrons. The molecular formula is H6Cl2NPtSi2-. The van der Waals surface area contributed by atoms with E-state index in [1.807, 2.05) is 0 Å². The summed E-state index contributed by atoms with van der Waals surface area (Å²) in [5.74, 6) is 0. The average molecular weight is 342 g/mol. The van der Waals surface area contributed by atoms with Crippen LogP contribution in [0.5, 0.6) is 0 Å². The normalized spacial score (nSPS) is 7.67. The van der Waals surface area contributed by atoms with Crippen molar-refractivity contribution in [1.82, 2.24) is 0 Å². The van der Waals surface area contributed by atoms with Crippen molar-refractivity contribution < 1.29 is 16.5 Å². The monoisotopic (exact) mass is 341 g/mol. The van der Waals surface area contributed by atoms with Gasteiger partial charge in [0.1, 0.15) is 0 Å². The van der Waals surface area contributed by atoms with Gasteiger partial charge < -0.3 is 4.65 Å². The zero-order chi connectivity index (χ0) is 5.41. The molecule has 0 rings (SSSR count). The minimum atomic E-state index is -0.472. The summed E-state index contributed by atoms with van der Waals surface area (Å²) in [4.78, 5) is 0. The first kappa shape index (κ1) is 10.6. The molecule has 0 fully saturated rings. The molecule has 0 N–H and O–H groups in total. The molecule has 0 aromatic rings. The van der Waals surface area contributed by atoms with E-state index in [-0.39, 0.29) is 0 Å². The Morgan fingerprint density at radius 3 is 1.33 bits per heavy atom. The minimum absolute atomic E-state index is 0.472. The first-order valence-corrected chi connectivity index (χ1v) is 8.55. The van der Waals surface area contributed by atoms with E-state index in [4.69, 9.17) is 18.8 Å². The van der Waals surface area contributed by atoms with E-state index in [9.17, 15) is 0 Å². The fraction of sp³-hybridized carbons (Fsp3) is 0. The molecule has 0 aromatic heterocycles. The second kappa shape index (κ2) is 15.9. The van der Waals surface area contributed by atoms with Crippen LogP contribution >= 0.6 is 18.8 Å². The maximum absolute atomic E-state index is 4.88. The summed E-state index contributed by atoms with van der Waals surface area (Å²) in [5, 5.41) is 0. The van der Waals surface area contributed by atoms with Gasteiger partial charge in [0, 0.05) is 0 Å². The fourth-order valence-corrected chi connectivity index (χ4v) is 0. The number of nitrogens with zero attached hydrogens (tertiary/aromatic N) is 1. The van der Waals surface area contributed by atoms with Crippen LogP contribution in [0.1, 0.15) is 0 Å². The molecule has 6 heavy (non-hydrogen) atoms. The average Bonchev–Trinajstić information content (AvgIpc) is 1.39. The van der Waals surface area contributed by atoms with Crippen LogP contribution in [0, 0.1) is 0 Å². The van der Waals surface area contributed by atoms with Crippen molar-refractivity contribution in [1.29, 1.82) is 0 Å². The van der Waals surface area contributed by atoms with E-state index < -0.39 is 16.5 Å². The predicted octanol–water partition coefficient (Wildman–Crippen LogP) is -0.703. The second-order valence-electron chi connectivity index (χ2n) is 0.492. The summed E-state index contributed by atoms with van der Waals surface area (Å²) in [5.41, 5.74) is 0. The topological polar surface area (TPSA) is 14.1 Å². The van der Waals surface area contributed by atoms with Crippen LogP contribution < -0.4 is 0 Å². The van der Waals surface area contributed by atoms with Gasteiger partial charge in [-0.2, -0.15) is 0 Å². The van der Waals surface area contributed by atoms with Crippen LogP contribution in [0.15, 0.2) is 0 Å². The van der Waals surface area contributed by atoms with Crippen molar-refractivity contribution >= 4 is 39.6 Å². The maximum Gasteiger partial charge on any atom is -0.107 e. The fourth-order valence-electron chi connectivity index (χ4n) is 0. The standard InChI is InChI=1S/2ClH.H6NSi2.Pt/c;;2-1-3;/h2*1H;2-3H3;/q;;-1;+2/p-2. The summed E-state index contributed by atoms with van der Waals surface area (Å²) in [6.45, 7) is 0. The van der Waals surface area contributed by atoms with Crippen molar-refractivity contribution in [2.24, 2.45) is 0 Å². The molecule has 0 amide bonds. The van der Waals surface area contributed by atoms with E-state index in [1.54, 1.807) is 0 Å². The molecule has 0 aromatic carbocycles. The molecule has 0 radical (unpaired) electrons. The summed E-state index contributed by atoms with van der Waals surface area (Å²) in [6.07, 6.45) is 0. The van der Waals surface area contributed by atoms with Crippen LogP contribution in [0.2, 0.25) is 0 Å². The Morgan fingerprint density at radius 1 is 1.33 bits per heavy atom. The quantitative estimate of drug-likeness (QED) is 0.517. The first-order chi connectivity index (χ1) is 2.83. The Morgan fingerprint density at radius 2 is 1.33 bits per heavy atom. The molecule has 0 spiro atoms. The van der Waals surface area contributed by atoms with Gasteiger partial charge in [0.05, 0.1) is 0 Å². The third-order valence-corrected chi connectivity index (χ3v) is 0. The van der Waals surface area contributed by atoms with Gasteiger partial charge in [-0.3, -0.25) is 0 Å². The molecule has 0 saturated heterocycles. The molecule has 0 atom stereocenters. The van der Waals surface area contributed by atoms with Crippen LogP contribution in [-0.2, 0) is 16.5 Å². The van der Waals surface area contributed by atoms with E-state index >= 15 is 0 Å². The molecule has 0 aliphatic rings. The molecule has 0 heterocycles. The molecule has 0 bridgehead atoms. The Labute approximate surface area is 60.6 Å². The molecular weight excluding hydrogens is 336 g/mol. The summed E-state index contributed by atoms with van der Waals surface area (Å²) in [6, 6.07) is 0. The molecule has 0 aliphatic heterocycles. The van der Waals surface area contributed by atoms with Crippen LogP contribution in [0.25, 0.3) is 4.65 Å². The van der Waals surface area contributed by atoms with Gasteiger partial charge in [0.25, 0.3) is 0 Å². The summed E-state index contributed by atoms with van der Waals surface area (Å²) in [7, 11) is 11.9. The van der Waals surface area contributed by atoms with Gasteiger partial charge in [-0.15, -0.1) is 20.8 Å².